The first-order valence-corrected chi connectivity index (χ1v) is 16.5. The summed E-state index contributed by atoms with van der Waals surface area (Å²) in [5.41, 5.74) is 2.43. The number of rotatable bonds is 7. The lowest BCUT2D eigenvalue weighted by Gasteiger charge is -2.44. The standard InChI is InChI=1S/C38H55NO4/c1-27(2)39(28(3)4)22-17-31(30-13-10-9-11-14-30)32-23-29-15-16-33(32)43-34(40)24-38(18-12-19-38)21-20-36(5,6)26-37(7,8)35(41)42-25-29/h9-11,13-16,23,27-28,31H,12,17-22,24-26H2,1-8H3. The van der Waals surface area contributed by atoms with Crippen LogP contribution in [-0.2, 0) is 20.9 Å². The van der Waals surface area contributed by atoms with Gasteiger partial charge in [0.1, 0.15) is 12.4 Å². The molecule has 1 unspecified atom stereocenters. The van der Waals surface area contributed by atoms with Crippen molar-refractivity contribution in [2.75, 3.05) is 6.54 Å². The summed E-state index contributed by atoms with van der Waals surface area (Å²) in [6.07, 6.45) is 7.27. The minimum Gasteiger partial charge on any atom is -0.460 e. The number of esters is 2. The van der Waals surface area contributed by atoms with Gasteiger partial charge in [-0.2, -0.15) is 0 Å². The maximum Gasteiger partial charge on any atom is 0.311 e. The lowest BCUT2D eigenvalue weighted by Crippen LogP contribution is -2.38. The van der Waals surface area contributed by atoms with Gasteiger partial charge in [-0.15, -0.1) is 0 Å². The molecule has 1 saturated carbocycles. The Morgan fingerprint density at radius 3 is 2.14 bits per heavy atom. The second-order valence-electron chi connectivity index (χ2n) is 15.4. The zero-order valence-corrected chi connectivity index (χ0v) is 28.0. The summed E-state index contributed by atoms with van der Waals surface area (Å²) in [5, 5.41) is 0. The molecule has 2 heterocycles. The van der Waals surface area contributed by atoms with Gasteiger partial charge < -0.3 is 9.47 Å². The molecule has 2 aromatic rings. The van der Waals surface area contributed by atoms with E-state index in [9.17, 15) is 9.59 Å². The van der Waals surface area contributed by atoms with Crippen LogP contribution in [0.25, 0.3) is 0 Å². The number of benzene rings is 2. The summed E-state index contributed by atoms with van der Waals surface area (Å²) < 4.78 is 12.3. The molecule has 2 aromatic carbocycles. The highest BCUT2D eigenvalue weighted by Crippen LogP contribution is 2.51. The Hall–Kier alpha value is -2.66. The number of hydrogen-bond acceptors (Lipinski definition) is 5. The van der Waals surface area contributed by atoms with E-state index in [1.165, 1.54) is 5.56 Å². The maximum absolute atomic E-state index is 13.6. The van der Waals surface area contributed by atoms with Crippen molar-refractivity contribution in [3.63, 3.8) is 0 Å². The molecule has 1 fully saturated rings. The molecule has 1 spiro atoms. The zero-order valence-electron chi connectivity index (χ0n) is 28.0. The van der Waals surface area contributed by atoms with Gasteiger partial charge in [0.15, 0.2) is 0 Å². The highest BCUT2D eigenvalue weighted by Gasteiger charge is 2.42. The average molecular weight is 590 g/mol. The average Bonchev–Trinajstić information content (AvgIpc) is 2.91. The largest absolute Gasteiger partial charge is 0.460 e. The molecule has 3 aliphatic rings. The summed E-state index contributed by atoms with van der Waals surface area (Å²) >= 11 is 0. The van der Waals surface area contributed by atoms with Crippen molar-refractivity contribution in [3.8, 4) is 5.75 Å². The van der Waals surface area contributed by atoms with Crippen LogP contribution in [0.3, 0.4) is 0 Å². The molecule has 0 amide bonds. The van der Waals surface area contributed by atoms with Gasteiger partial charge in [0.25, 0.3) is 0 Å². The van der Waals surface area contributed by atoms with E-state index in [4.69, 9.17) is 9.47 Å². The third-order valence-electron chi connectivity index (χ3n) is 9.99. The van der Waals surface area contributed by atoms with Crippen molar-refractivity contribution in [1.29, 1.82) is 0 Å². The van der Waals surface area contributed by atoms with Crippen LogP contribution >= 0.6 is 0 Å². The number of hydrogen-bond donors (Lipinski definition) is 0. The highest BCUT2D eigenvalue weighted by molar-refractivity contribution is 5.76. The van der Waals surface area contributed by atoms with Crippen LogP contribution < -0.4 is 4.74 Å². The van der Waals surface area contributed by atoms with E-state index in [1.54, 1.807) is 0 Å². The summed E-state index contributed by atoms with van der Waals surface area (Å²) in [5.74, 6) is 0.348. The van der Waals surface area contributed by atoms with Gasteiger partial charge in [-0.3, -0.25) is 14.5 Å². The Labute approximate surface area is 260 Å². The van der Waals surface area contributed by atoms with E-state index in [0.29, 0.717) is 24.3 Å². The Bertz CT molecular complexity index is 1230. The molecule has 2 aliphatic heterocycles. The first-order chi connectivity index (χ1) is 20.2. The minimum absolute atomic E-state index is 0.00988. The van der Waals surface area contributed by atoms with Crippen molar-refractivity contribution in [1.82, 2.24) is 4.90 Å². The van der Waals surface area contributed by atoms with Crippen LogP contribution in [0.5, 0.6) is 5.75 Å². The summed E-state index contributed by atoms with van der Waals surface area (Å²) in [6.45, 7) is 18.6. The first kappa shape index (κ1) is 33.2. The molecule has 0 N–H and O–H groups in total. The molecule has 43 heavy (non-hydrogen) atoms. The number of carbonyl (C=O) groups excluding carboxylic acids is 2. The van der Waals surface area contributed by atoms with Crippen LogP contribution in [0.1, 0.15) is 129 Å². The molecule has 5 heteroatoms. The number of fused-ring (bicyclic) bond motifs is 11. The van der Waals surface area contributed by atoms with Crippen LogP contribution in [0.4, 0.5) is 0 Å². The fourth-order valence-corrected chi connectivity index (χ4v) is 7.59. The van der Waals surface area contributed by atoms with Gasteiger partial charge in [0.2, 0.25) is 0 Å². The predicted molar refractivity (Wildman–Crippen MR) is 174 cm³/mol. The molecule has 5 rings (SSSR count). The molecule has 1 atom stereocenters. The fraction of sp³-hybridized carbons (Fsp3) is 0.632. The third kappa shape index (κ3) is 8.50. The van der Waals surface area contributed by atoms with E-state index < -0.39 is 5.41 Å². The third-order valence-corrected chi connectivity index (χ3v) is 9.99. The molecule has 0 aromatic heterocycles. The van der Waals surface area contributed by atoms with Crippen LogP contribution in [0, 0.1) is 16.2 Å². The molecule has 0 radical (unpaired) electrons. The van der Waals surface area contributed by atoms with E-state index in [1.807, 2.05) is 32.0 Å². The van der Waals surface area contributed by atoms with Crippen LogP contribution in [-0.4, -0.2) is 35.5 Å². The summed E-state index contributed by atoms with van der Waals surface area (Å²) in [7, 11) is 0. The molecular weight excluding hydrogens is 534 g/mol. The van der Waals surface area contributed by atoms with Crippen molar-refractivity contribution < 1.29 is 19.1 Å². The number of nitrogens with zero attached hydrogens (tertiary/aromatic N) is 1. The second kappa shape index (κ2) is 13.5. The number of carbonyl (C=O) groups is 2. The normalized spacial score (nSPS) is 21.1. The lowest BCUT2D eigenvalue weighted by atomic mass is 9.61. The van der Waals surface area contributed by atoms with E-state index in [0.717, 1.165) is 62.6 Å². The monoisotopic (exact) mass is 589 g/mol. The Balaban J connectivity index is 1.74. The highest BCUT2D eigenvalue weighted by atomic mass is 16.5. The van der Waals surface area contributed by atoms with Gasteiger partial charge in [-0.1, -0.05) is 56.7 Å². The van der Waals surface area contributed by atoms with Crippen molar-refractivity contribution in [2.45, 2.75) is 131 Å². The van der Waals surface area contributed by atoms with Crippen LogP contribution in [0.2, 0.25) is 0 Å². The maximum atomic E-state index is 13.6. The predicted octanol–water partition coefficient (Wildman–Crippen LogP) is 9.07. The molecule has 236 valence electrons. The first-order valence-electron chi connectivity index (χ1n) is 16.5. The molecule has 1 aliphatic carbocycles. The summed E-state index contributed by atoms with van der Waals surface area (Å²) in [6, 6.07) is 17.3. The lowest BCUT2D eigenvalue weighted by molar-refractivity contribution is -0.157. The fourth-order valence-electron chi connectivity index (χ4n) is 7.59. The van der Waals surface area contributed by atoms with Gasteiger partial charge in [-0.25, -0.2) is 0 Å². The Morgan fingerprint density at radius 2 is 1.53 bits per heavy atom. The van der Waals surface area contributed by atoms with Gasteiger partial charge >= 0.3 is 11.9 Å². The Morgan fingerprint density at radius 1 is 0.860 bits per heavy atom. The second-order valence-corrected chi connectivity index (χ2v) is 15.4. The SMILES string of the molecule is CC(C)N(CCC(c1ccccc1)c1cc2ccc1OC(=O)CC1(CCC1)CCC(C)(C)CC(C)(C)C(=O)OC2)C(C)C. The van der Waals surface area contributed by atoms with E-state index in [2.05, 4.69) is 76.8 Å². The van der Waals surface area contributed by atoms with Crippen molar-refractivity contribution in [3.05, 3.63) is 65.2 Å². The molecule has 5 nitrogen and oxygen atoms in total. The number of ether oxygens (including phenoxy) is 2. The molecule has 0 saturated heterocycles. The summed E-state index contributed by atoms with van der Waals surface area (Å²) in [4.78, 5) is 29.6. The molecule has 2 bridgehead atoms. The molecular formula is C38H55NO4. The van der Waals surface area contributed by atoms with Gasteiger partial charge in [0.05, 0.1) is 11.8 Å². The van der Waals surface area contributed by atoms with E-state index >= 15 is 0 Å². The Kier molecular flexibility index (Phi) is 10.5. The zero-order chi connectivity index (χ0) is 31.4. The van der Waals surface area contributed by atoms with Gasteiger partial charge in [-0.05, 0) is 121 Å². The minimum atomic E-state index is -0.598. The van der Waals surface area contributed by atoms with Crippen molar-refractivity contribution in [2.24, 2.45) is 16.2 Å². The quantitative estimate of drug-likeness (QED) is 0.238. The smallest absolute Gasteiger partial charge is 0.311 e. The topological polar surface area (TPSA) is 55.8 Å². The van der Waals surface area contributed by atoms with E-state index in [-0.39, 0.29) is 35.3 Å². The van der Waals surface area contributed by atoms with Crippen molar-refractivity contribution >= 4 is 11.9 Å². The van der Waals surface area contributed by atoms with Gasteiger partial charge in [0, 0.05) is 23.6 Å². The van der Waals surface area contributed by atoms with Crippen LogP contribution in [0.15, 0.2) is 48.5 Å².